The molecular formula is C22H30N2O. The molecule has 3 heteroatoms. The number of carbonyl (C=O) groups excluding carboxylic acids is 1. The summed E-state index contributed by atoms with van der Waals surface area (Å²) in [4.78, 5) is 16.9. The Kier molecular flexibility index (Phi) is 6.63. The lowest BCUT2D eigenvalue weighted by Gasteiger charge is -2.31. The standard InChI is InChI=1S/C22H30N2O/c1-17(2)15-22(25)24(18(3)20-9-7-6-8-10-20)16-19-11-13-21(14-12-19)23(4)5/h6-14,17-18H,15-16H2,1-5H3. The summed E-state index contributed by atoms with van der Waals surface area (Å²) in [6, 6.07) is 18.8. The number of rotatable bonds is 7. The molecule has 0 aliphatic rings. The van der Waals surface area contributed by atoms with E-state index in [0.717, 1.165) is 5.56 Å². The maximum Gasteiger partial charge on any atom is 0.223 e. The van der Waals surface area contributed by atoms with Crippen molar-refractivity contribution in [2.45, 2.75) is 39.8 Å². The second kappa shape index (κ2) is 8.70. The Morgan fingerprint density at radius 3 is 2.04 bits per heavy atom. The van der Waals surface area contributed by atoms with E-state index in [4.69, 9.17) is 0 Å². The SMILES string of the molecule is CC(C)CC(=O)N(Cc1ccc(N(C)C)cc1)C(C)c1ccccc1. The van der Waals surface area contributed by atoms with Gasteiger partial charge in [0.2, 0.25) is 5.91 Å². The van der Waals surface area contributed by atoms with Gasteiger partial charge in [0.1, 0.15) is 0 Å². The molecule has 0 spiro atoms. The van der Waals surface area contributed by atoms with Crippen LogP contribution in [-0.4, -0.2) is 24.9 Å². The second-order valence-electron chi connectivity index (χ2n) is 7.27. The summed E-state index contributed by atoms with van der Waals surface area (Å²) in [7, 11) is 4.07. The van der Waals surface area contributed by atoms with Crippen molar-refractivity contribution < 1.29 is 4.79 Å². The Bertz CT molecular complexity index is 662. The fourth-order valence-electron chi connectivity index (χ4n) is 2.92. The molecule has 0 radical (unpaired) electrons. The largest absolute Gasteiger partial charge is 0.378 e. The molecule has 1 amide bonds. The average molecular weight is 338 g/mol. The molecule has 0 N–H and O–H groups in total. The van der Waals surface area contributed by atoms with E-state index in [1.807, 2.05) is 37.2 Å². The summed E-state index contributed by atoms with van der Waals surface area (Å²) in [5.74, 6) is 0.567. The Hall–Kier alpha value is -2.29. The van der Waals surface area contributed by atoms with E-state index in [0.29, 0.717) is 18.9 Å². The zero-order valence-electron chi connectivity index (χ0n) is 16.1. The van der Waals surface area contributed by atoms with Crippen LogP contribution in [-0.2, 0) is 11.3 Å². The highest BCUT2D eigenvalue weighted by Crippen LogP contribution is 2.25. The van der Waals surface area contributed by atoms with Crippen molar-refractivity contribution in [3.63, 3.8) is 0 Å². The Labute approximate surface area is 152 Å². The average Bonchev–Trinajstić information content (AvgIpc) is 2.59. The van der Waals surface area contributed by atoms with Crippen molar-refractivity contribution in [1.82, 2.24) is 4.90 Å². The van der Waals surface area contributed by atoms with E-state index in [9.17, 15) is 4.79 Å². The third-order valence-electron chi connectivity index (χ3n) is 4.46. The van der Waals surface area contributed by atoms with Crippen molar-refractivity contribution in [2.24, 2.45) is 5.92 Å². The lowest BCUT2D eigenvalue weighted by Crippen LogP contribution is -2.33. The van der Waals surface area contributed by atoms with Gasteiger partial charge in [0.15, 0.2) is 0 Å². The van der Waals surface area contributed by atoms with Crippen molar-refractivity contribution >= 4 is 11.6 Å². The number of benzene rings is 2. The summed E-state index contributed by atoms with van der Waals surface area (Å²) in [6.45, 7) is 6.93. The monoisotopic (exact) mass is 338 g/mol. The molecule has 3 nitrogen and oxygen atoms in total. The van der Waals surface area contributed by atoms with Crippen LogP contribution in [0.5, 0.6) is 0 Å². The zero-order valence-corrected chi connectivity index (χ0v) is 16.1. The number of hydrogen-bond donors (Lipinski definition) is 0. The summed E-state index contributed by atoms with van der Waals surface area (Å²) in [5, 5.41) is 0. The molecule has 2 aromatic carbocycles. The summed E-state index contributed by atoms with van der Waals surface area (Å²) in [5.41, 5.74) is 3.50. The first-order valence-corrected chi connectivity index (χ1v) is 8.99. The van der Waals surface area contributed by atoms with Gasteiger partial charge in [-0.25, -0.2) is 0 Å². The smallest absolute Gasteiger partial charge is 0.223 e. The number of hydrogen-bond acceptors (Lipinski definition) is 2. The van der Waals surface area contributed by atoms with Gasteiger partial charge in [-0.2, -0.15) is 0 Å². The molecule has 134 valence electrons. The van der Waals surface area contributed by atoms with Crippen LogP contribution in [0.4, 0.5) is 5.69 Å². The van der Waals surface area contributed by atoms with Crippen molar-refractivity contribution in [3.05, 3.63) is 65.7 Å². The molecule has 2 rings (SSSR count). The Morgan fingerprint density at radius 2 is 1.52 bits per heavy atom. The molecular weight excluding hydrogens is 308 g/mol. The zero-order chi connectivity index (χ0) is 18.4. The molecule has 0 aliphatic heterocycles. The lowest BCUT2D eigenvalue weighted by molar-refractivity contribution is -0.134. The van der Waals surface area contributed by atoms with Crippen LogP contribution in [0.3, 0.4) is 0 Å². The van der Waals surface area contributed by atoms with Crippen molar-refractivity contribution in [2.75, 3.05) is 19.0 Å². The van der Waals surface area contributed by atoms with E-state index < -0.39 is 0 Å². The third-order valence-corrected chi connectivity index (χ3v) is 4.46. The van der Waals surface area contributed by atoms with Gasteiger partial charge in [0.05, 0.1) is 6.04 Å². The van der Waals surface area contributed by atoms with Crippen molar-refractivity contribution in [1.29, 1.82) is 0 Å². The molecule has 0 saturated carbocycles. The van der Waals surface area contributed by atoms with Gasteiger partial charge in [-0.15, -0.1) is 0 Å². The van der Waals surface area contributed by atoms with Gasteiger partial charge in [-0.05, 0) is 36.1 Å². The first kappa shape index (κ1) is 19.0. The van der Waals surface area contributed by atoms with Crippen LogP contribution in [0.2, 0.25) is 0 Å². The van der Waals surface area contributed by atoms with E-state index in [1.54, 1.807) is 0 Å². The van der Waals surface area contributed by atoms with Crippen LogP contribution in [0.15, 0.2) is 54.6 Å². The molecule has 0 aliphatic carbocycles. The van der Waals surface area contributed by atoms with Gasteiger partial charge in [0, 0.05) is 32.7 Å². The Balaban J connectivity index is 2.23. The number of anilines is 1. The highest BCUT2D eigenvalue weighted by Gasteiger charge is 2.22. The Morgan fingerprint density at radius 1 is 0.920 bits per heavy atom. The third kappa shape index (κ3) is 5.35. The molecule has 0 aromatic heterocycles. The van der Waals surface area contributed by atoms with Gasteiger partial charge in [-0.3, -0.25) is 4.79 Å². The highest BCUT2D eigenvalue weighted by molar-refractivity contribution is 5.77. The predicted molar refractivity (Wildman–Crippen MR) is 106 cm³/mol. The van der Waals surface area contributed by atoms with Gasteiger partial charge < -0.3 is 9.80 Å². The van der Waals surface area contributed by atoms with E-state index >= 15 is 0 Å². The summed E-state index contributed by atoms with van der Waals surface area (Å²) < 4.78 is 0. The molecule has 2 aromatic rings. The minimum Gasteiger partial charge on any atom is -0.378 e. The molecule has 0 saturated heterocycles. The topological polar surface area (TPSA) is 23.6 Å². The van der Waals surface area contributed by atoms with Crippen LogP contribution < -0.4 is 4.90 Å². The fourth-order valence-corrected chi connectivity index (χ4v) is 2.92. The lowest BCUT2D eigenvalue weighted by atomic mass is 10.0. The van der Waals surface area contributed by atoms with E-state index in [2.05, 4.69) is 62.1 Å². The molecule has 25 heavy (non-hydrogen) atoms. The summed E-state index contributed by atoms with van der Waals surface area (Å²) >= 11 is 0. The summed E-state index contributed by atoms with van der Waals surface area (Å²) in [6.07, 6.45) is 0.576. The van der Waals surface area contributed by atoms with Crippen LogP contribution in [0.1, 0.15) is 44.4 Å². The second-order valence-corrected chi connectivity index (χ2v) is 7.27. The minimum absolute atomic E-state index is 0.0565. The quantitative estimate of drug-likeness (QED) is 0.718. The van der Waals surface area contributed by atoms with Crippen LogP contribution in [0, 0.1) is 5.92 Å². The minimum atomic E-state index is 0.0565. The maximum absolute atomic E-state index is 12.9. The van der Waals surface area contributed by atoms with Gasteiger partial charge in [-0.1, -0.05) is 56.3 Å². The number of amides is 1. The molecule has 1 unspecified atom stereocenters. The normalized spacial score (nSPS) is 12.1. The maximum atomic E-state index is 12.9. The molecule has 0 fully saturated rings. The predicted octanol–water partition coefficient (Wildman–Crippen LogP) is 4.89. The first-order valence-electron chi connectivity index (χ1n) is 8.99. The molecule has 1 atom stereocenters. The van der Waals surface area contributed by atoms with Crippen LogP contribution >= 0.6 is 0 Å². The van der Waals surface area contributed by atoms with Gasteiger partial charge in [0.25, 0.3) is 0 Å². The fraction of sp³-hybridized carbons (Fsp3) is 0.409. The van der Waals surface area contributed by atoms with Crippen LogP contribution in [0.25, 0.3) is 0 Å². The first-order chi connectivity index (χ1) is 11.9. The van der Waals surface area contributed by atoms with Crippen molar-refractivity contribution in [3.8, 4) is 0 Å². The molecule has 0 bridgehead atoms. The van der Waals surface area contributed by atoms with E-state index in [-0.39, 0.29) is 11.9 Å². The molecule has 0 heterocycles. The highest BCUT2D eigenvalue weighted by atomic mass is 16.2. The number of nitrogens with zero attached hydrogens (tertiary/aromatic N) is 2. The van der Waals surface area contributed by atoms with E-state index in [1.165, 1.54) is 11.3 Å². The van der Waals surface area contributed by atoms with Gasteiger partial charge >= 0.3 is 0 Å². The number of carbonyl (C=O) groups is 1.